The van der Waals surface area contributed by atoms with Gasteiger partial charge in [0.25, 0.3) is 0 Å². The smallest absolute Gasteiger partial charge is 0.0662 e. The first-order chi connectivity index (χ1) is 5.40. The van der Waals surface area contributed by atoms with E-state index < -0.39 is 0 Å². The molecular formula is C9H6N2. The summed E-state index contributed by atoms with van der Waals surface area (Å²) in [6, 6.07) is 5.78. The monoisotopic (exact) mass is 142 g/mol. The molecule has 0 atom stereocenters. The second kappa shape index (κ2) is 2.14. The molecule has 2 aromatic rings. The van der Waals surface area contributed by atoms with Crippen molar-refractivity contribution in [1.29, 1.82) is 0 Å². The van der Waals surface area contributed by atoms with Gasteiger partial charge in [0, 0.05) is 18.0 Å². The Morgan fingerprint density at radius 1 is 1.36 bits per heavy atom. The van der Waals surface area contributed by atoms with Crippen LogP contribution in [-0.4, -0.2) is 9.61 Å². The highest BCUT2D eigenvalue weighted by Gasteiger charge is 1.91. The fourth-order valence-corrected chi connectivity index (χ4v) is 1.000. The van der Waals surface area contributed by atoms with Crippen LogP contribution >= 0.6 is 0 Å². The molecule has 2 aromatic heterocycles. The van der Waals surface area contributed by atoms with Crippen molar-refractivity contribution in [3.63, 3.8) is 0 Å². The molecule has 11 heavy (non-hydrogen) atoms. The molecule has 0 aromatic carbocycles. The predicted molar refractivity (Wildman–Crippen MR) is 43.1 cm³/mol. The van der Waals surface area contributed by atoms with Crippen molar-refractivity contribution in [2.24, 2.45) is 0 Å². The average Bonchev–Trinajstić information content (AvgIpc) is 2.50. The molecule has 0 fully saturated rings. The SMILES string of the molecule is C#Cc1ccc2ccnn2c1. The summed E-state index contributed by atoms with van der Waals surface area (Å²) in [5, 5.41) is 4.05. The van der Waals surface area contributed by atoms with Crippen LogP contribution in [0, 0.1) is 12.3 Å². The van der Waals surface area contributed by atoms with Gasteiger partial charge in [0.1, 0.15) is 0 Å². The van der Waals surface area contributed by atoms with Crippen molar-refractivity contribution in [1.82, 2.24) is 9.61 Å². The van der Waals surface area contributed by atoms with E-state index in [0.29, 0.717) is 0 Å². The molecule has 0 aliphatic rings. The molecule has 0 saturated heterocycles. The van der Waals surface area contributed by atoms with Gasteiger partial charge in [-0.25, -0.2) is 4.52 Å². The van der Waals surface area contributed by atoms with Gasteiger partial charge >= 0.3 is 0 Å². The Labute approximate surface area is 64.5 Å². The summed E-state index contributed by atoms with van der Waals surface area (Å²) in [5.74, 6) is 2.55. The van der Waals surface area contributed by atoms with Gasteiger partial charge < -0.3 is 0 Å². The van der Waals surface area contributed by atoms with E-state index in [2.05, 4.69) is 11.0 Å². The number of aromatic nitrogens is 2. The van der Waals surface area contributed by atoms with Gasteiger partial charge in [-0.2, -0.15) is 5.10 Å². The fraction of sp³-hybridized carbons (Fsp3) is 0. The normalized spacial score (nSPS) is 9.73. The molecule has 2 heteroatoms. The number of rotatable bonds is 0. The largest absolute Gasteiger partial charge is 0.240 e. The third kappa shape index (κ3) is 0.870. The van der Waals surface area contributed by atoms with Crippen LogP contribution in [0.25, 0.3) is 5.52 Å². The zero-order valence-corrected chi connectivity index (χ0v) is 5.86. The van der Waals surface area contributed by atoms with Gasteiger partial charge in [0.15, 0.2) is 0 Å². The molecule has 2 rings (SSSR count). The van der Waals surface area contributed by atoms with Gasteiger partial charge in [-0.05, 0) is 18.2 Å². The number of pyridine rings is 1. The molecule has 0 aliphatic heterocycles. The van der Waals surface area contributed by atoms with Crippen LogP contribution in [0.1, 0.15) is 5.56 Å². The number of hydrogen-bond acceptors (Lipinski definition) is 1. The van der Waals surface area contributed by atoms with Crippen LogP contribution < -0.4 is 0 Å². The molecule has 0 radical (unpaired) electrons. The van der Waals surface area contributed by atoms with Crippen LogP contribution in [0.4, 0.5) is 0 Å². The highest BCUT2D eigenvalue weighted by molar-refractivity contribution is 5.48. The Morgan fingerprint density at radius 2 is 2.27 bits per heavy atom. The lowest BCUT2D eigenvalue weighted by molar-refractivity contribution is 0.958. The Bertz CT molecular complexity index is 420. The minimum atomic E-state index is 0.848. The van der Waals surface area contributed by atoms with Gasteiger partial charge in [0.05, 0.1) is 5.52 Å². The maximum absolute atomic E-state index is 5.22. The predicted octanol–water partition coefficient (Wildman–Crippen LogP) is 1.32. The molecule has 0 saturated carbocycles. The van der Waals surface area contributed by atoms with Crippen LogP contribution in [0.2, 0.25) is 0 Å². The van der Waals surface area contributed by atoms with Crippen molar-refractivity contribution in [2.75, 3.05) is 0 Å². The molecule has 0 spiro atoms. The summed E-state index contributed by atoms with van der Waals surface area (Å²) in [6.45, 7) is 0. The molecule has 0 N–H and O–H groups in total. The number of fused-ring (bicyclic) bond motifs is 1. The van der Waals surface area contributed by atoms with Gasteiger partial charge in [-0.1, -0.05) is 5.92 Å². The zero-order chi connectivity index (χ0) is 7.68. The Hall–Kier alpha value is -1.75. The first-order valence-electron chi connectivity index (χ1n) is 3.30. The van der Waals surface area contributed by atoms with Crippen molar-refractivity contribution >= 4 is 5.52 Å². The Kier molecular flexibility index (Phi) is 1.16. The summed E-state index contributed by atoms with van der Waals surface area (Å²) in [4.78, 5) is 0. The third-order valence-electron chi connectivity index (χ3n) is 1.56. The minimum Gasteiger partial charge on any atom is -0.240 e. The number of hydrogen-bond donors (Lipinski definition) is 0. The maximum atomic E-state index is 5.22. The van der Waals surface area contributed by atoms with Crippen LogP contribution in [0.3, 0.4) is 0 Å². The van der Waals surface area contributed by atoms with Gasteiger partial charge in [-0.15, -0.1) is 6.42 Å². The average molecular weight is 142 g/mol. The summed E-state index contributed by atoms with van der Waals surface area (Å²) in [6.07, 6.45) is 8.79. The lowest BCUT2D eigenvalue weighted by Crippen LogP contribution is -1.86. The minimum absolute atomic E-state index is 0.848. The number of terminal acetylenes is 1. The van der Waals surface area contributed by atoms with E-state index in [0.717, 1.165) is 11.1 Å². The molecular weight excluding hydrogens is 136 g/mol. The quantitative estimate of drug-likeness (QED) is 0.507. The van der Waals surface area contributed by atoms with E-state index in [9.17, 15) is 0 Å². The molecule has 0 amide bonds. The Balaban J connectivity index is 2.79. The summed E-state index contributed by atoms with van der Waals surface area (Å²) in [7, 11) is 0. The van der Waals surface area contributed by atoms with Gasteiger partial charge in [0.2, 0.25) is 0 Å². The highest BCUT2D eigenvalue weighted by atomic mass is 15.2. The van der Waals surface area contributed by atoms with E-state index in [1.807, 2.05) is 24.4 Å². The molecule has 2 nitrogen and oxygen atoms in total. The lowest BCUT2D eigenvalue weighted by Gasteiger charge is -1.92. The van der Waals surface area contributed by atoms with Crippen molar-refractivity contribution < 1.29 is 0 Å². The van der Waals surface area contributed by atoms with Crippen LogP contribution in [0.15, 0.2) is 30.6 Å². The Morgan fingerprint density at radius 3 is 3.09 bits per heavy atom. The lowest BCUT2D eigenvalue weighted by atomic mass is 10.3. The van der Waals surface area contributed by atoms with Gasteiger partial charge in [-0.3, -0.25) is 0 Å². The maximum Gasteiger partial charge on any atom is 0.0662 e. The first kappa shape index (κ1) is 5.99. The molecule has 0 unspecified atom stereocenters. The van der Waals surface area contributed by atoms with E-state index in [1.54, 1.807) is 10.7 Å². The van der Waals surface area contributed by atoms with Crippen LogP contribution in [0.5, 0.6) is 0 Å². The molecule has 2 heterocycles. The van der Waals surface area contributed by atoms with E-state index in [4.69, 9.17) is 6.42 Å². The van der Waals surface area contributed by atoms with E-state index in [1.165, 1.54) is 0 Å². The summed E-state index contributed by atoms with van der Waals surface area (Å²) >= 11 is 0. The first-order valence-corrected chi connectivity index (χ1v) is 3.30. The highest BCUT2D eigenvalue weighted by Crippen LogP contribution is 2.03. The standard InChI is InChI=1S/C9H6N2/c1-2-8-3-4-9-5-6-10-11(9)7-8/h1,3-7H. The third-order valence-corrected chi connectivity index (χ3v) is 1.56. The van der Waals surface area contributed by atoms with Crippen molar-refractivity contribution in [2.45, 2.75) is 0 Å². The second-order valence-electron chi connectivity index (χ2n) is 2.26. The number of nitrogens with zero attached hydrogens (tertiary/aromatic N) is 2. The summed E-state index contributed by atoms with van der Waals surface area (Å²) < 4.78 is 1.76. The molecule has 0 aliphatic carbocycles. The topological polar surface area (TPSA) is 17.3 Å². The van der Waals surface area contributed by atoms with Crippen molar-refractivity contribution in [3.8, 4) is 12.3 Å². The summed E-state index contributed by atoms with van der Waals surface area (Å²) in [5.41, 5.74) is 1.91. The zero-order valence-electron chi connectivity index (χ0n) is 5.86. The van der Waals surface area contributed by atoms with E-state index >= 15 is 0 Å². The second-order valence-corrected chi connectivity index (χ2v) is 2.26. The fourth-order valence-electron chi connectivity index (χ4n) is 1.000. The molecule has 0 bridgehead atoms. The van der Waals surface area contributed by atoms with Crippen LogP contribution in [-0.2, 0) is 0 Å². The molecule has 52 valence electrons. The van der Waals surface area contributed by atoms with Crippen molar-refractivity contribution in [3.05, 3.63) is 36.2 Å². The van der Waals surface area contributed by atoms with E-state index in [-0.39, 0.29) is 0 Å².